The van der Waals surface area contributed by atoms with Gasteiger partial charge in [0.2, 0.25) is 0 Å². The standard InChI is InChI=1S/C13H17N5O/c1-2-6-11(7-3-1)18-13(15-16-17-18)10-14-19-12-8-4-5-9-12/h1-3,6-7,12,14H,4-5,8-10H2. The van der Waals surface area contributed by atoms with Crippen molar-refractivity contribution in [2.24, 2.45) is 0 Å². The molecule has 6 nitrogen and oxygen atoms in total. The summed E-state index contributed by atoms with van der Waals surface area (Å²) in [4.78, 5) is 5.61. The number of hydrogen-bond acceptors (Lipinski definition) is 5. The number of hydrogen-bond donors (Lipinski definition) is 1. The van der Waals surface area contributed by atoms with Crippen LogP contribution in [0.4, 0.5) is 0 Å². The molecule has 2 aromatic rings. The second-order valence-electron chi connectivity index (χ2n) is 4.69. The van der Waals surface area contributed by atoms with E-state index in [9.17, 15) is 0 Å². The Morgan fingerprint density at radius 2 is 2.00 bits per heavy atom. The monoisotopic (exact) mass is 259 g/mol. The zero-order chi connectivity index (χ0) is 12.9. The van der Waals surface area contributed by atoms with Gasteiger partial charge in [0.15, 0.2) is 5.82 Å². The van der Waals surface area contributed by atoms with Crippen LogP contribution in [0, 0.1) is 0 Å². The van der Waals surface area contributed by atoms with E-state index in [0.29, 0.717) is 12.6 Å². The highest BCUT2D eigenvalue weighted by Gasteiger charge is 2.16. The first-order valence-electron chi connectivity index (χ1n) is 6.64. The summed E-state index contributed by atoms with van der Waals surface area (Å²) in [5, 5.41) is 11.7. The van der Waals surface area contributed by atoms with Gasteiger partial charge in [-0.2, -0.15) is 10.2 Å². The number of hydroxylamine groups is 1. The van der Waals surface area contributed by atoms with Gasteiger partial charge < -0.3 is 0 Å². The zero-order valence-corrected chi connectivity index (χ0v) is 10.7. The lowest BCUT2D eigenvalue weighted by molar-refractivity contribution is -0.0256. The SMILES string of the molecule is c1ccc(-n2nnnc2CNOC2CCCC2)cc1. The summed E-state index contributed by atoms with van der Waals surface area (Å²) in [5.41, 5.74) is 3.93. The zero-order valence-electron chi connectivity index (χ0n) is 10.7. The van der Waals surface area contributed by atoms with Crippen molar-refractivity contribution in [3.05, 3.63) is 36.2 Å². The maximum atomic E-state index is 5.61. The summed E-state index contributed by atoms with van der Waals surface area (Å²) < 4.78 is 1.71. The average molecular weight is 259 g/mol. The lowest BCUT2D eigenvalue weighted by atomic mass is 10.3. The average Bonchev–Trinajstić information content (AvgIpc) is 3.11. The molecule has 0 atom stereocenters. The van der Waals surface area contributed by atoms with Crippen molar-refractivity contribution in [3.8, 4) is 5.69 Å². The minimum absolute atomic E-state index is 0.334. The molecule has 19 heavy (non-hydrogen) atoms. The van der Waals surface area contributed by atoms with E-state index in [4.69, 9.17) is 4.84 Å². The maximum Gasteiger partial charge on any atom is 0.172 e. The number of para-hydroxylation sites is 1. The number of benzene rings is 1. The third kappa shape index (κ3) is 2.97. The van der Waals surface area contributed by atoms with E-state index in [1.54, 1.807) is 4.68 Å². The van der Waals surface area contributed by atoms with Crippen molar-refractivity contribution in [2.75, 3.05) is 0 Å². The van der Waals surface area contributed by atoms with Gasteiger partial charge in [-0.25, -0.2) is 0 Å². The Labute approximate surface area is 111 Å². The molecule has 0 aliphatic heterocycles. The molecule has 1 fully saturated rings. The van der Waals surface area contributed by atoms with Crippen molar-refractivity contribution in [1.82, 2.24) is 25.7 Å². The van der Waals surface area contributed by atoms with Gasteiger partial charge in [-0.05, 0) is 35.4 Å². The Morgan fingerprint density at radius 3 is 2.79 bits per heavy atom. The maximum absolute atomic E-state index is 5.61. The number of nitrogens with zero attached hydrogens (tertiary/aromatic N) is 4. The van der Waals surface area contributed by atoms with Crippen molar-refractivity contribution in [1.29, 1.82) is 0 Å². The van der Waals surface area contributed by atoms with Gasteiger partial charge in [0, 0.05) is 0 Å². The predicted molar refractivity (Wildman–Crippen MR) is 69.3 cm³/mol. The lowest BCUT2D eigenvalue weighted by Crippen LogP contribution is -2.23. The molecule has 1 aromatic heterocycles. The van der Waals surface area contributed by atoms with E-state index >= 15 is 0 Å². The molecule has 0 spiro atoms. The third-order valence-electron chi connectivity index (χ3n) is 3.32. The van der Waals surface area contributed by atoms with Gasteiger partial charge in [0.1, 0.15) is 0 Å². The number of nitrogens with one attached hydrogen (secondary N) is 1. The van der Waals surface area contributed by atoms with Crippen LogP contribution in [-0.2, 0) is 11.4 Å². The highest BCUT2D eigenvalue weighted by atomic mass is 16.7. The molecule has 3 rings (SSSR count). The topological polar surface area (TPSA) is 64.9 Å². The molecular weight excluding hydrogens is 242 g/mol. The fraction of sp³-hybridized carbons (Fsp3) is 0.462. The van der Waals surface area contributed by atoms with E-state index in [1.165, 1.54) is 12.8 Å². The molecule has 0 saturated heterocycles. The molecule has 1 aliphatic rings. The minimum atomic E-state index is 0.334. The Balaban J connectivity index is 1.61. The van der Waals surface area contributed by atoms with Crippen molar-refractivity contribution >= 4 is 0 Å². The molecule has 6 heteroatoms. The van der Waals surface area contributed by atoms with Crippen molar-refractivity contribution in [2.45, 2.75) is 38.3 Å². The van der Waals surface area contributed by atoms with Crippen LogP contribution >= 0.6 is 0 Å². The van der Waals surface area contributed by atoms with Crippen LogP contribution in [-0.4, -0.2) is 26.3 Å². The van der Waals surface area contributed by atoms with Crippen LogP contribution in [0.3, 0.4) is 0 Å². The van der Waals surface area contributed by atoms with Gasteiger partial charge in [-0.3, -0.25) is 4.84 Å². The molecule has 1 heterocycles. The Morgan fingerprint density at radius 1 is 1.21 bits per heavy atom. The predicted octanol–water partition coefficient (Wildman–Crippen LogP) is 1.63. The first-order valence-corrected chi connectivity index (χ1v) is 6.64. The summed E-state index contributed by atoms with van der Waals surface area (Å²) in [6.07, 6.45) is 5.12. The molecule has 0 radical (unpaired) electrons. The second kappa shape index (κ2) is 5.90. The Kier molecular flexibility index (Phi) is 3.81. The molecule has 100 valence electrons. The fourth-order valence-corrected chi connectivity index (χ4v) is 2.32. The number of tetrazole rings is 1. The van der Waals surface area contributed by atoms with E-state index in [-0.39, 0.29) is 0 Å². The fourth-order valence-electron chi connectivity index (χ4n) is 2.32. The quantitative estimate of drug-likeness (QED) is 0.827. The lowest BCUT2D eigenvalue weighted by Gasteiger charge is -2.11. The smallest absolute Gasteiger partial charge is 0.172 e. The van der Waals surface area contributed by atoms with E-state index in [2.05, 4.69) is 21.0 Å². The van der Waals surface area contributed by atoms with Crippen molar-refractivity contribution < 1.29 is 4.84 Å². The molecule has 0 amide bonds. The molecule has 1 saturated carbocycles. The molecule has 1 aliphatic carbocycles. The first-order chi connectivity index (χ1) is 9.43. The molecular formula is C13H17N5O. The molecule has 0 bridgehead atoms. The van der Waals surface area contributed by atoms with Crippen molar-refractivity contribution in [3.63, 3.8) is 0 Å². The van der Waals surface area contributed by atoms with Gasteiger partial charge in [-0.1, -0.05) is 31.0 Å². The highest BCUT2D eigenvalue weighted by molar-refractivity contribution is 5.30. The largest absolute Gasteiger partial charge is 0.298 e. The van der Waals surface area contributed by atoms with Crippen LogP contribution in [0.1, 0.15) is 31.5 Å². The number of rotatable bonds is 5. The summed E-state index contributed by atoms with van der Waals surface area (Å²) in [6.45, 7) is 0.498. The van der Waals surface area contributed by atoms with Crippen LogP contribution in [0.25, 0.3) is 5.69 Å². The summed E-state index contributed by atoms with van der Waals surface area (Å²) in [5.74, 6) is 0.740. The first kappa shape index (κ1) is 12.3. The highest BCUT2D eigenvalue weighted by Crippen LogP contribution is 2.19. The van der Waals surface area contributed by atoms with Gasteiger partial charge in [0.25, 0.3) is 0 Å². The van der Waals surface area contributed by atoms with Gasteiger partial charge in [0.05, 0.1) is 18.3 Å². The Hall–Kier alpha value is -1.79. The van der Waals surface area contributed by atoms with Crippen LogP contribution < -0.4 is 5.48 Å². The summed E-state index contributed by atoms with van der Waals surface area (Å²) >= 11 is 0. The van der Waals surface area contributed by atoms with Crippen LogP contribution in [0.2, 0.25) is 0 Å². The summed E-state index contributed by atoms with van der Waals surface area (Å²) in [6, 6.07) is 9.83. The van der Waals surface area contributed by atoms with E-state index in [0.717, 1.165) is 24.4 Å². The second-order valence-corrected chi connectivity index (χ2v) is 4.69. The molecule has 1 N–H and O–H groups in total. The Bertz CT molecular complexity index is 507. The van der Waals surface area contributed by atoms with Gasteiger partial charge >= 0.3 is 0 Å². The third-order valence-corrected chi connectivity index (χ3v) is 3.32. The van der Waals surface area contributed by atoms with Gasteiger partial charge in [-0.15, -0.1) is 5.10 Å². The van der Waals surface area contributed by atoms with Crippen LogP contribution in [0.15, 0.2) is 30.3 Å². The van der Waals surface area contributed by atoms with E-state index in [1.807, 2.05) is 30.3 Å². The summed E-state index contributed by atoms with van der Waals surface area (Å²) in [7, 11) is 0. The molecule has 0 unspecified atom stereocenters. The molecule has 1 aromatic carbocycles. The van der Waals surface area contributed by atoms with E-state index < -0.39 is 0 Å². The minimum Gasteiger partial charge on any atom is -0.298 e. The van der Waals surface area contributed by atoms with Crippen LogP contribution in [0.5, 0.6) is 0 Å². The normalized spacial score (nSPS) is 16.0. The number of aromatic nitrogens is 4.